The van der Waals surface area contributed by atoms with Gasteiger partial charge in [0, 0.05) is 12.6 Å². The number of nitrogens with zero attached hydrogens (tertiary/aromatic N) is 1. The Hall–Kier alpha value is -2.54. The molecule has 1 aliphatic heterocycles. The van der Waals surface area contributed by atoms with Crippen molar-refractivity contribution in [2.45, 2.75) is 19.1 Å². The third kappa shape index (κ3) is 4.05. The number of carbonyl (C=O) groups is 2. The molecular weight excluding hydrogens is 314 g/mol. The van der Waals surface area contributed by atoms with Crippen molar-refractivity contribution in [1.29, 1.82) is 0 Å². The normalized spacial score (nSPS) is 20.3. The second kappa shape index (κ2) is 7.83. The molecule has 130 valence electrons. The SMILES string of the molecule is C=CCOc1cc(OC)ccc1C(=O)N1CC(C(=O)O)O[C@H](C)C1. The quantitative estimate of drug-likeness (QED) is 0.795. The van der Waals surface area contributed by atoms with E-state index < -0.39 is 12.1 Å². The van der Waals surface area contributed by atoms with Crippen molar-refractivity contribution < 1.29 is 28.9 Å². The van der Waals surface area contributed by atoms with Crippen LogP contribution in [0.4, 0.5) is 0 Å². The van der Waals surface area contributed by atoms with Crippen LogP contribution in [0.25, 0.3) is 0 Å². The van der Waals surface area contributed by atoms with Crippen LogP contribution in [0, 0.1) is 0 Å². The van der Waals surface area contributed by atoms with Crippen molar-refractivity contribution in [1.82, 2.24) is 4.90 Å². The van der Waals surface area contributed by atoms with E-state index in [1.54, 1.807) is 31.2 Å². The molecule has 2 atom stereocenters. The first kappa shape index (κ1) is 17.8. The molecule has 1 aromatic carbocycles. The largest absolute Gasteiger partial charge is 0.497 e. The Balaban J connectivity index is 2.27. The summed E-state index contributed by atoms with van der Waals surface area (Å²) in [5.41, 5.74) is 0.343. The molecule has 0 aromatic heterocycles. The van der Waals surface area contributed by atoms with Crippen LogP contribution in [0.15, 0.2) is 30.9 Å². The molecule has 7 nitrogen and oxygen atoms in total. The molecule has 0 saturated carbocycles. The van der Waals surface area contributed by atoms with E-state index in [1.807, 2.05) is 0 Å². The summed E-state index contributed by atoms with van der Waals surface area (Å²) in [5.74, 6) is -0.468. The van der Waals surface area contributed by atoms with Gasteiger partial charge in [-0.05, 0) is 19.1 Å². The summed E-state index contributed by atoms with van der Waals surface area (Å²) in [4.78, 5) is 25.5. The molecule has 24 heavy (non-hydrogen) atoms. The molecule has 2 rings (SSSR count). The Morgan fingerprint density at radius 2 is 2.21 bits per heavy atom. The van der Waals surface area contributed by atoms with Gasteiger partial charge in [-0.25, -0.2) is 4.79 Å². The number of carbonyl (C=O) groups excluding carboxylic acids is 1. The van der Waals surface area contributed by atoms with E-state index in [0.29, 0.717) is 23.6 Å². The minimum atomic E-state index is -1.09. The Kier molecular flexibility index (Phi) is 5.81. The van der Waals surface area contributed by atoms with Crippen molar-refractivity contribution in [2.24, 2.45) is 0 Å². The zero-order chi connectivity index (χ0) is 17.7. The standard InChI is InChI=1S/C17H21NO6/c1-4-7-23-14-8-12(22-3)5-6-13(14)16(19)18-9-11(2)24-15(10-18)17(20)21/h4-6,8,11,15H,1,7,9-10H2,2-3H3,(H,20,21)/t11-,15?/m1/s1. The number of hydrogen-bond acceptors (Lipinski definition) is 5. The molecule has 1 aliphatic rings. The van der Waals surface area contributed by atoms with Gasteiger partial charge in [0.15, 0.2) is 6.10 Å². The van der Waals surface area contributed by atoms with Crippen molar-refractivity contribution in [3.05, 3.63) is 36.4 Å². The molecule has 1 heterocycles. The number of carboxylic acid groups (broad SMARTS) is 1. The lowest BCUT2D eigenvalue weighted by molar-refractivity contribution is -0.160. The minimum Gasteiger partial charge on any atom is -0.497 e. The van der Waals surface area contributed by atoms with Crippen molar-refractivity contribution in [3.8, 4) is 11.5 Å². The summed E-state index contributed by atoms with van der Waals surface area (Å²) < 4.78 is 16.0. The highest BCUT2D eigenvalue weighted by Crippen LogP contribution is 2.27. The molecule has 0 spiro atoms. The fourth-order valence-corrected chi connectivity index (χ4v) is 2.50. The first-order valence-corrected chi connectivity index (χ1v) is 7.55. The fourth-order valence-electron chi connectivity index (χ4n) is 2.50. The molecule has 1 unspecified atom stereocenters. The van der Waals surface area contributed by atoms with E-state index in [4.69, 9.17) is 19.3 Å². The summed E-state index contributed by atoms with van der Waals surface area (Å²) in [6, 6.07) is 4.89. The molecule has 0 bridgehead atoms. The summed E-state index contributed by atoms with van der Waals surface area (Å²) in [6.45, 7) is 5.87. The number of benzene rings is 1. The van der Waals surface area contributed by atoms with Crippen LogP contribution < -0.4 is 9.47 Å². The average Bonchev–Trinajstić information content (AvgIpc) is 2.58. The molecular formula is C17H21NO6. The van der Waals surface area contributed by atoms with Gasteiger partial charge in [0.05, 0.1) is 25.3 Å². The van der Waals surface area contributed by atoms with Crippen LogP contribution in [0.5, 0.6) is 11.5 Å². The van der Waals surface area contributed by atoms with Crippen LogP contribution in [0.2, 0.25) is 0 Å². The maximum absolute atomic E-state index is 12.8. The van der Waals surface area contributed by atoms with Gasteiger partial charge < -0.3 is 24.2 Å². The zero-order valence-electron chi connectivity index (χ0n) is 13.7. The third-order valence-electron chi connectivity index (χ3n) is 3.60. The minimum absolute atomic E-state index is 0.00850. The highest BCUT2D eigenvalue weighted by Gasteiger charge is 2.33. The molecule has 7 heteroatoms. The topological polar surface area (TPSA) is 85.3 Å². The smallest absolute Gasteiger partial charge is 0.334 e. The van der Waals surface area contributed by atoms with E-state index >= 15 is 0 Å². The molecule has 1 N–H and O–H groups in total. The van der Waals surface area contributed by atoms with Crippen molar-refractivity contribution in [2.75, 3.05) is 26.8 Å². The maximum atomic E-state index is 12.8. The highest BCUT2D eigenvalue weighted by atomic mass is 16.5. The fraction of sp³-hybridized carbons (Fsp3) is 0.412. The molecule has 0 radical (unpaired) electrons. The van der Waals surface area contributed by atoms with E-state index in [-0.39, 0.29) is 25.2 Å². The second-order valence-corrected chi connectivity index (χ2v) is 5.45. The number of aliphatic carboxylic acids is 1. The summed E-state index contributed by atoms with van der Waals surface area (Å²) >= 11 is 0. The number of hydrogen-bond donors (Lipinski definition) is 1. The van der Waals surface area contributed by atoms with E-state index in [0.717, 1.165) is 0 Å². The maximum Gasteiger partial charge on any atom is 0.334 e. The third-order valence-corrected chi connectivity index (χ3v) is 3.60. The summed E-state index contributed by atoms with van der Waals surface area (Å²) in [5, 5.41) is 9.15. The van der Waals surface area contributed by atoms with Gasteiger partial charge in [0.25, 0.3) is 5.91 Å². The van der Waals surface area contributed by atoms with Crippen LogP contribution >= 0.6 is 0 Å². The number of amides is 1. The summed E-state index contributed by atoms with van der Waals surface area (Å²) in [7, 11) is 1.52. The van der Waals surface area contributed by atoms with Gasteiger partial charge in [-0.1, -0.05) is 12.7 Å². The van der Waals surface area contributed by atoms with E-state index in [1.165, 1.54) is 12.0 Å². The Morgan fingerprint density at radius 3 is 2.83 bits per heavy atom. The van der Waals surface area contributed by atoms with Gasteiger partial charge in [0.2, 0.25) is 0 Å². The lowest BCUT2D eigenvalue weighted by Crippen LogP contribution is -2.51. The molecule has 1 fully saturated rings. The number of ether oxygens (including phenoxy) is 3. The van der Waals surface area contributed by atoms with Crippen LogP contribution in [-0.2, 0) is 9.53 Å². The highest BCUT2D eigenvalue weighted by molar-refractivity contribution is 5.97. The molecule has 1 amide bonds. The zero-order valence-corrected chi connectivity index (χ0v) is 13.7. The van der Waals surface area contributed by atoms with Crippen LogP contribution in [0.3, 0.4) is 0 Å². The lowest BCUT2D eigenvalue weighted by atomic mass is 10.1. The first-order chi connectivity index (χ1) is 11.5. The molecule has 0 aliphatic carbocycles. The van der Waals surface area contributed by atoms with Crippen LogP contribution in [0.1, 0.15) is 17.3 Å². The monoisotopic (exact) mass is 335 g/mol. The van der Waals surface area contributed by atoms with Crippen molar-refractivity contribution in [3.63, 3.8) is 0 Å². The Bertz CT molecular complexity index is 630. The van der Waals surface area contributed by atoms with Gasteiger partial charge >= 0.3 is 5.97 Å². The predicted molar refractivity (Wildman–Crippen MR) is 86.6 cm³/mol. The van der Waals surface area contributed by atoms with Gasteiger partial charge in [-0.2, -0.15) is 0 Å². The average molecular weight is 335 g/mol. The van der Waals surface area contributed by atoms with Crippen LogP contribution in [-0.4, -0.2) is 60.9 Å². The lowest BCUT2D eigenvalue weighted by Gasteiger charge is -2.35. The second-order valence-electron chi connectivity index (χ2n) is 5.45. The summed E-state index contributed by atoms with van der Waals surface area (Å²) in [6.07, 6.45) is 0.179. The molecule has 1 saturated heterocycles. The molecule has 1 aromatic rings. The van der Waals surface area contributed by atoms with Gasteiger partial charge in [0.1, 0.15) is 18.1 Å². The first-order valence-electron chi connectivity index (χ1n) is 7.55. The number of carboxylic acids is 1. The predicted octanol–water partition coefficient (Wildman–Crippen LogP) is 1.57. The van der Waals surface area contributed by atoms with E-state index in [9.17, 15) is 9.59 Å². The number of rotatable bonds is 6. The van der Waals surface area contributed by atoms with E-state index in [2.05, 4.69) is 6.58 Å². The van der Waals surface area contributed by atoms with Gasteiger partial charge in [-0.3, -0.25) is 4.79 Å². The number of methoxy groups -OCH3 is 1. The Labute approximate surface area is 140 Å². The Morgan fingerprint density at radius 1 is 1.46 bits per heavy atom. The number of morpholine rings is 1. The van der Waals surface area contributed by atoms with Crippen molar-refractivity contribution >= 4 is 11.9 Å². The van der Waals surface area contributed by atoms with Gasteiger partial charge in [-0.15, -0.1) is 0 Å².